The first-order chi connectivity index (χ1) is 15.6. The van der Waals surface area contributed by atoms with Gasteiger partial charge in [-0.05, 0) is 70.7 Å². The third-order valence-corrected chi connectivity index (χ3v) is 7.40. The van der Waals surface area contributed by atoms with Gasteiger partial charge in [0.1, 0.15) is 18.2 Å². The summed E-state index contributed by atoms with van der Waals surface area (Å²) in [4.78, 5) is 25.9. The number of carbonyl (C=O) groups is 1. The number of amides is 1. The van der Waals surface area contributed by atoms with Crippen molar-refractivity contribution in [3.8, 4) is 0 Å². The van der Waals surface area contributed by atoms with Crippen LogP contribution in [0.25, 0.3) is 10.9 Å². The van der Waals surface area contributed by atoms with Crippen LogP contribution in [0.3, 0.4) is 0 Å². The zero-order chi connectivity index (χ0) is 23.9. The summed E-state index contributed by atoms with van der Waals surface area (Å²) < 4.78 is 39.6. The van der Waals surface area contributed by atoms with Gasteiger partial charge in [-0.3, -0.25) is 4.79 Å². The molecule has 2 aliphatic rings. The number of anilines is 1. The lowest BCUT2D eigenvalue weighted by atomic mass is 9.81. The number of hydrogen-bond acceptors (Lipinski definition) is 5. The molecule has 1 N–H and O–H groups in total. The van der Waals surface area contributed by atoms with Gasteiger partial charge < -0.3 is 15.1 Å². The van der Waals surface area contributed by atoms with Crippen molar-refractivity contribution in [3.63, 3.8) is 0 Å². The highest BCUT2D eigenvalue weighted by atomic mass is 19.4. The predicted octanol–water partition coefficient (Wildman–Crippen LogP) is 4.56. The van der Waals surface area contributed by atoms with Gasteiger partial charge in [0.25, 0.3) is 0 Å². The summed E-state index contributed by atoms with van der Waals surface area (Å²) in [6, 6.07) is 4.10. The van der Waals surface area contributed by atoms with Crippen LogP contribution in [0.15, 0.2) is 24.5 Å². The summed E-state index contributed by atoms with van der Waals surface area (Å²) in [6.45, 7) is 7.26. The molecular weight excluding hydrogens is 431 g/mol. The molecule has 1 amide bonds. The Morgan fingerprint density at radius 3 is 2.61 bits per heavy atom. The SMILES string of the molecule is CC(C)N(C)[C@@H]1CC[C@H](N2CC[C@H](Nc3ncnc4ccc(C(F)(F)F)cc34)C2=O)[C@@H](C)C1. The van der Waals surface area contributed by atoms with E-state index in [9.17, 15) is 18.0 Å². The topological polar surface area (TPSA) is 61.4 Å². The Labute approximate surface area is 192 Å². The molecule has 1 saturated carbocycles. The van der Waals surface area contributed by atoms with Crippen LogP contribution >= 0.6 is 0 Å². The number of nitrogens with zero attached hydrogens (tertiary/aromatic N) is 4. The Morgan fingerprint density at radius 1 is 1.18 bits per heavy atom. The third-order valence-electron chi connectivity index (χ3n) is 7.40. The van der Waals surface area contributed by atoms with E-state index in [1.165, 1.54) is 12.4 Å². The fourth-order valence-electron chi connectivity index (χ4n) is 5.28. The maximum atomic E-state index is 13.3. The quantitative estimate of drug-likeness (QED) is 0.705. The van der Waals surface area contributed by atoms with Gasteiger partial charge in [-0.25, -0.2) is 9.97 Å². The van der Waals surface area contributed by atoms with Crippen LogP contribution < -0.4 is 5.32 Å². The molecule has 0 spiro atoms. The summed E-state index contributed by atoms with van der Waals surface area (Å²) in [7, 11) is 2.17. The van der Waals surface area contributed by atoms with E-state index < -0.39 is 17.8 Å². The molecule has 0 bridgehead atoms. The highest BCUT2D eigenvalue weighted by Crippen LogP contribution is 2.35. The number of halogens is 3. The minimum Gasteiger partial charge on any atom is -0.358 e. The summed E-state index contributed by atoms with van der Waals surface area (Å²) in [5, 5.41) is 3.39. The summed E-state index contributed by atoms with van der Waals surface area (Å²) >= 11 is 0. The molecule has 4 rings (SSSR count). The molecule has 0 radical (unpaired) electrons. The van der Waals surface area contributed by atoms with E-state index in [1.54, 1.807) is 0 Å². The van der Waals surface area contributed by atoms with Crippen molar-refractivity contribution in [1.82, 2.24) is 19.8 Å². The molecule has 1 saturated heterocycles. The molecule has 1 aliphatic carbocycles. The van der Waals surface area contributed by atoms with Crippen molar-refractivity contribution >= 4 is 22.6 Å². The van der Waals surface area contributed by atoms with Crippen LogP contribution in [0.1, 0.15) is 52.0 Å². The van der Waals surface area contributed by atoms with Gasteiger partial charge in [0.2, 0.25) is 5.91 Å². The van der Waals surface area contributed by atoms with Gasteiger partial charge >= 0.3 is 6.18 Å². The van der Waals surface area contributed by atoms with E-state index in [1.807, 2.05) is 4.90 Å². The number of alkyl halides is 3. The Hall–Kier alpha value is -2.42. The predicted molar refractivity (Wildman–Crippen MR) is 122 cm³/mol. The number of benzene rings is 1. The normalized spacial score (nSPS) is 26.6. The maximum Gasteiger partial charge on any atom is 0.416 e. The first kappa shape index (κ1) is 23.7. The minimum absolute atomic E-state index is 0.00116. The van der Waals surface area contributed by atoms with Crippen molar-refractivity contribution in [2.24, 2.45) is 5.92 Å². The van der Waals surface area contributed by atoms with Gasteiger partial charge in [0.05, 0.1) is 11.1 Å². The molecule has 9 heteroatoms. The van der Waals surface area contributed by atoms with Crippen molar-refractivity contribution in [2.75, 3.05) is 18.9 Å². The van der Waals surface area contributed by atoms with Crippen LogP contribution in [0.2, 0.25) is 0 Å². The van der Waals surface area contributed by atoms with Gasteiger partial charge in [-0.1, -0.05) is 6.92 Å². The molecule has 2 fully saturated rings. The molecule has 2 heterocycles. The van der Waals surface area contributed by atoms with Gasteiger partial charge in [0, 0.05) is 30.1 Å². The number of rotatable bonds is 5. The molecule has 6 nitrogen and oxygen atoms in total. The first-order valence-electron chi connectivity index (χ1n) is 11.7. The second-order valence-corrected chi connectivity index (χ2v) is 9.74. The zero-order valence-electron chi connectivity index (χ0n) is 19.6. The molecule has 33 heavy (non-hydrogen) atoms. The number of carbonyl (C=O) groups excluding carboxylic acids is 1. The monoisotopic (exact) mass is 463 g/mol. The van der Waals surface area contributed by atoms with Crippen LogP contribution in [0, 0.1) is 5.92 Å². The van der Waals surface area contributed by atoms with Crippen LogP contribution in [0.4, 0.5) is 19.0 Å². The molecule has 2 aromatic rings. The van der Waals surface area contributed by atoms with Gasteiger partial charge in [-0.15, -0.1) is 0 Å². The van der Waals surface area contributed by atoms with E-state index in [0.29, 0.717) is 36.5 Å². The Bertz CT molecular complexity index is 1010. The summed E-state index contributed by atoms with van der Waals surface area (Å²) in [5.41, 5.74) is -0.354. The highest BCUT2D eigenvalue weighted by molar-refractivity contribution is 5.93. The fourth-order valence-corrected chi connectivity index (χ4v) is 5.28. The van der Waals surface area contributed by atoms with E-state index >= 15 is 0 Å². The molecule has 4 atom stereocenters. The van der Waals surface area contributed by atoms with E-state index in [-0.39, 0.29) is 23.2 Å². The summed E-state index contributed by atoms with van der Waals surface area (Å²) in [5.74, 6) is 0.657. The number of fused-ring (bicyclic) bond motifs is 1. The molecule has 0 unspecified atom stereocenters. The number of nitrogens with one attached hydrogen (secondary N) is 1. The first-order valence-corrected chi connectivity index (χ1v) is 11.7. The molecule has 1 aliphatic heterocycles. The standard InChI is InChI=1S/C24H32F3N5O/c1-14(2)31(4)17-6-8-21(15(3)11-17)32-10-9-20(23(32)33)30-22-18-12-16(24(25,26)27)5-7-19(18)28-13-29-22/h5,7,12-15,17,20-21H,6,8-11H2,1-4H3,(H,28,29,30)/t15-,17+,20-,21-/m0/s1. The van der Waals surface area contributed by atoms with Crippen LogP contribution in [-0.2, 0) is 11.0 Å². The van der Waals surface area contributed by atoms with E-state index in [0.717, 1.165) is 31.4 Å². The van der Waals surface area contributed by atoms with Crippen LogP contribution in [0.5, 0.6) is 0 Å². The highest BCUT2D eigenvalue weighted by Gasteiger charge is 2.41. The maximum absolute atomic E-state index is 13.3. The van der Waals surface area contributed by atoms with Crippen molar-refractivity contribution in [1.29, 1.82) is 0 Å². The van der Waals surface area contributed by atoms with E-state index in [4.69, 9.17) is 0 Å². The summed E-state index contributed by atoms with van der Waals surface area (Å²) in [6.07, 6.45) is 0.526. The average molecular weight is 464 g/mol. The number of aromatic nitrogens is 2. The molecule has 1 aromatic carbocycles. The molecule has 1 aromatic heterocycles. The molecular formula is C24H32F3N5O. The van der Waals surface area contributed by atoms with Gasteiger partial charge in [0.15, 0.2) is 0 Å². The van der Waals surface area contributed by atoms with Crippen LogP contribution in [-0.4, -0.2) is 63.4 Å². The fraction of sp³-hybridized carbons (Fsp3) is 0.625. The average Bonchev–Trinajstić information content (AvgIpc) is 3.12. The number of likely N-dealkylation sites (tertiary alicyclic amines) is 1. The Morgan fingerprint density at radius 2 is 1.94 bits per heavy atom. The van der Waals surface area contributed by atoms with E-state index in [2.05, 4.69) is 48.0 Å². The second kappa shape index (κ2) is 9.08. The van der Waals surface area contributed by atoms with Gasteiger partial charge in [-0.2, -0.15) is 13.2 Å². The van der Waals surface area contributed by atoms with Crippen molar-refractivity contribution in [3.05, 3.63) is 30.1 Å². The smallest absolute Gasteiger partial charge is 0.358 e. The van der Waals surface area contributed by atoms with Crippen molar-refractivity contribution in [2.45, 2.75) is 76.8 Å². The third kappa shape index (κ3) is 4.78. The lowest BCUT2D eigenvalue weighted by molar-refractivity contribution is -0.137. The lowest BCUT2D eigenvalue weighted by Crippen LogP contribution is -2.50. The zero-order valence-corrected chi connectivity index (χ0v) is 19.6. The van der Waals surface area contributed by atoms with Crippen molar-refractivity contribution < 1.29 is 18.0 Å². The Balaban J connectivity index is 1.48. The number of hydrogen-bond donors (Lipinski definition) is 1. The molecule has 180 valence electrons. The Kier molecular flexibility index (Phi) is 6.53. The largest absolute Gasteiger partial charge is 0.416 e. The second-order valence-electron chi connectivity index (χ2n) is 9.74. The minimum atomic E-state index is -4.46. The lowest BCUT2D eigenvalue weighted by Gasteiger charge is -2.43.